The van der Waals surface area contributed by atoms with Crippen molar-refractivity contribution in [2.24, 2.45) is 10.9 Å². The van der Waals surface area contributed by atoms with Crippen molar-refractivity contribution >= 4 is 41.4 Å². The van der Waals surface area contributed by atoms with Gasteiger partial charge in [-0.3, -0.25) is 14.5 Å². The van der Waals surface area contributed by atoms with Crippen molar-refractivity contribution < 1.29 is 69.3 Å². The molecular weight excluding hydrogens is 431 g/mol. The number of carbonyl (C=O) groups is 4. The quantitative estimate of drug-likeness (QED) is 0.166. The molecule has 1 aromatic rings. The average Bonchev–Trinajstić information content (AvgIpc) is 3.21. The number of β-lactam (4-membered cyclic amide) rings is 1. The zero-order valence-corrected chi connectivity index (χ0v) is 18.8. The Kier molecular flexibility index (Phi) is 7.95. The van der Waals surface area contributed by atoms with E-state index in [1.807, 2.05) is 0 Å². The first-order valence-corrected chi connectivity index (χ1v) is 9.18. The summed E-state index contributed by atoms with van der Waals surface area (Å²) < 4.78 is 9.79. The first-order valence-electron chi connectivity index (χ1n) is 8.13. The SMILES string of the molecule is CO/N=C(/C(=O)N[C@@H]1C(=O)N2C(C(=O)O)=C(COC(N)=O)CS[C@H]12)c1ccco1.[H-].[Na+]. The van der Waals surface area contributed by atoms with Crippen LogP contribution in [-0.2, 0) is 24.0 Å². The van der Waals surface area contributed by atoms with Gasteiger partial charge in [-0.05, 0) is 12.1 Å². The van der Waals surface area contributed by atoms with Crippen LogP contribution in [0.3, 0.4) is 0 Å². The van der Waals surface area contributed by atoms with E-state index in [9.17, 15) is 24.3 Å². The van der Waals surface area contributed by atoms with Gasteiger partial charge in [0.2, 0.25) is 5.71 Å². The minimum absolute atomic E-state index is 0. The largest absolute Gasteiger partial charge is 1.00 e. The van der Waals surface area contributed by atoms with Gasteiger partial charge in [0.15, 0.2) is 5.76 Å². The zero-order valence-electron chi connectivity index (χ0n) is 17.0. The van der Waals surface area contributed by atoms with E-state index < -0.39 is 35.3 Å². The number of fused-ring (bicyclic) bond motifs is 1. The van der Waals surface area contributed by atoms with Gasteiger partial charge in [0.05, 0.1) is 6.26 Å². The second kappa shape index (κ2) is 10.0. The number of amides is 3. The average molecular weight is 448 g/mol. The molecule has 3 amide bonds. The summed E-state index contributed by atoms with van der Waals surface area (Å²) in [7, 11) is 1.25. The summed E-state index contributed by atoms with van der Waals surface area (Å²) in [5.41, 5.74) is 4.68. The Morgan fingerprint density at radius 3 is 2.80 bits per heavy atom. The molecule has 156 valence electrons. The second-order valence-corrected chi connectivity index (χ2v) is 6.93. The summed E-state index contributed by atoms with van der Waals surface area (Å²) in [5.74, 6) is -2.38. The smallest absolute Gasteiger partial charge is 1.00 e. The zero-order chi connectivity index (χ0) is 21.1. The van der Waals surface area contributed by atoms with Gasteiger partial charge in [-0.25, -0.2) is 9.59 Å². The number of hydrogen-bond donors (Lipinski definition) is 3. The van der Waals surface area contributed by atoms with Crippen LogP contribution in [0.5, 0.6) is 0 Å². The van der Waals surface area contributed by atoms with Gasteiger partial charge in [0, 0.05) is 11.3 Å². The van der Waals surface area contributed by atoms with Gasteiger partial charge >= 0.3 is 41.6 Å². The molecule has 0 aromatic carbocycles. The van der Waals surface area contributed by atoms with Gasteiger partial charge in [-0.2, -0.15) is 0 Å². The van der Waals surface area contributed by atoms with E-state index in [0.29, 0.717) is 0 Å². The van der Waals surface area contributed by atoms with E-state index in [2.05, 4.69) is 20.0 Å². The number of nitrogens with zero attached hydrogens (tertiary/aromatic N) is 2. The van der Waals surface area contributed by atoms with Crippen molar-refractivity contribution in [1.29, 1.82) is 0 Å². The molecule has 0 saturated carbocycles. The van der Waals surface area contributed by atoms with Gasteiger partial charge in [-0.1, -0.05) is 5.16 Å². The predicted octanol–water partition coefficient (Wildman–Crippen LogP) is -3.42. The molecule has 2 aliphatic rings. The van der Waals surface area contributed by atoms with Crippen molar-refractivity contribution in [1.82, 2.24) is 10.2 Å². The van der Waals surface area contributed by atoms with Crippen molar-refractivity contribution in [2.75, 3.05) is 19.5 Å². The molecule has 30 heavy (non-hydrogen) atoms. The summed E-state index contributed by atoms with van der Waals surface area (Å²) in [5, 5.41) is 15.0. The third-order valence-electron chi connectivity index (χ3n) is 4.08. The van der Waals surface area contributed by atoms with Crippen LogP contribution in [0.1, 0.15) is 7.19 Å². The molecule has 2 atom stereocenters. The summed E-state index contributed by atoms with van der Waals surface area (Å²) >= 11 is 1.21. The van der Waals surface area contributed by atoms with Crippen LogP contribution in [0.2, 0.25) is 0 Å². The van der Waals surface area contributed by atoms with E-state index >= 15 is 0 Å². The third-order valence-corrected chi connectivity index (χ3v) is 5.42. The molecule has 14 heteroatoms. The Bertz CT molecular complexity index is 923. The van der Waals surface area contributed by atoms with Crippen LogP contribution < -0.4 is 40.6 Å². The van der Waals surface area contributed by atoms with E-state index in [0.717, 1.165) is 4.90 Å². The number of nitrogens with two attached hydrogens (primary N) is 1. The number of hydrogen-bond acceptors (Lipinski definition) is 9. The predicted molar refractivity (Wildman–Crippen MR) is 98.6 cm³/mol. The standard InChI is InChI=1S/C16H16N4O8S.Na.H/c1-26-19-9(8-3-2-4-27-8)12(21)18-10-13(22)20-11(15(23)24)7(5-28-16(17)25)6-29-14(10)20;;/h2-4,10,14H,5-6H2,1H3,(H2,17,25)(H,18,21)(H,23,24);;/q;+1;-1/b19-9+;;/t10-,14-;;/m1../s1. The maximum atomic E-state index is 12.6. The summed E-state index contributed by atoms with van der Waals surface area (Å²) in [6, 6.07) is 2.08. The minimum atomic E-state index is -1.35. The molecule has 0 unspecified atom stereocenters. The molecule has 1 aromatic heterocycles. The van der Waals surface area contributed by atoms with Crippen LogP contribution in [-0.4, -0.2) is 70.5 Å². The summed E-state index contributed by atoms with van der Waals surface area (Å²) in [4.78, 5) is 53.3. The van der Waals surface area contributed by atoms with Crippen LogP contribution in [0.25, 0.3) is 0 Å². The van der Waals surface area contributed by atoms with Gasteiger partial charge in [0.25, 0.3) is 11.8 Å². The Hall–Kier alpha value is -2.48. The first-order chi connectivity index (χ1) is 13.8. The number of carbonyl (C=O) groups excluding carboxylic acids is 3. The Balaban J connectivity index is 0.00000240. The molecule has 3 rings (SSSR count). The molecule has 4 N–H and O–H groups in total. The second-order valence-electron chi connectivity index (χ2n) is 5.83. The molecular formula is C16H17N4NaO8S. The monoisotopic (exact) mass is 448 g/mol. The number of rotatable bonds is 7. The minimum Gasteiger partial charge on any atom is -1.00 e. The number of ether oxygens (including phenoxy) is 1. The van der Waals surface area contributed by atoms with Gasteiger partial charge in [-0.15, -0.1) is 11.8 Å². The third kappa shape index (κ3) is 4.64. The number of nitrogens with one attached hydrogen (secondary N) is 1. The fraction of sp³-hybridized carbons (Fsp3) is 0.312. The van der Waals surface area contributed by atoms with E-state index in [1.54, 1.807) is 6.07 Å². The topological polar surface area (TPSA) is 174 Å². The maximum Gasteiger partial charge on any atom is 1.00 e. The molecule has 2 aliphatic heterocycles. The van der Waals surface area contributed by atoms with Crippen molar-refractivity contribution in [2.45, 2.75) is 11.4 Å². The van der Waals surface area contributed by atoms with Crippen molar-refractivity contribution in [3.63, 3.8) is 0 Å². The normalized spacial score (nSPS) is 20.5. The number of carboxylic acid groups (broad SMARTS) is 1. The van der Waals surface area contributed by atoms with E-state index in [-0.39, 0.29) is 66.1 Å². The molecule has 3 heterocycles. The van der Waals surface area contributed by atoms with Gasteiger partial charge < -0.3 is 31.6 Å². The fourth-order valence-electron chi connectivity index (χ4n) is 2.87. The Morgan fingerprint density at radius 2 is 2.23 bits per heavy atom. The summed E-state index contributed by atoms with van der Waals surface area (Å²) in [6.07, 6.45) is 0.290. The van der Waals surface area contributed by atoms with E-state index in [4.69, 9.17) is 10.2 Å². The number of aliphatic carboxylic acids is 1. The van der Waals surface area contributed by atoms with Crippen molar-refractivity contribution in [3.8, 4) is 0 Å². The molecule has 0 radical (unpaired) electrons. The number of furan rings is 1. The molecule has 12 nitrogen and oxygen atoms in total. The van der Waals surface area contributed by atoms with Crippen molar-refractivity contribution in [3.05, 3.63) is 35.4 Å². The number of oxime groups is 1. The first kappa shape index (κ1) is 23.8. The summed E-state index contributed by atoms with van der Waals surface area (Å²) in [6.45, 7) is -0.347. The number of primary amides is 1. The van der Waals surface area contributed by atoms with Crippen LogP contribution >= 0.6 is 11.8 Å². The molecule has 0 spiro atoms. The molecule has 1 saturated heterocycles. The van der Waals surface area contributed by atoms with E-state index in [1.165, 1.54) is 31.2 Å². The molecule has 0 bridgehead atoms. The van der Waals surface area contributed by atoms with Crippen LogP contribution in [0.4, 0.5) is 4.79 Å². The molecule has 1 fully saturated rings. The van der Waals surface area contributed by atoms with Gasteiger partial charge in [0.1, 0.15) is 30.8 Å². The fourth-order valence-corrected chi connectivity index (χ4v) is 4.19. The number of thioether (sulfide) groups is 1. The Labute approximate surface area is 197 Å². The maximum absolute atomic E-state index is 12.6. The van der Waals surface area contributed by atoms with Crippen LogP contribution in [0.15, 0.2) is 39.2 Å². The molecule has 0 aliphatic carbocycles. The Morgan fingerprint density at radius 1 is 1.50 bits per heavy atom. The number of carboxylic acids is 1. The van der Waals surface area contributed by atoms with Crippen LogP contribution in [0, 0.1) is 0 Å².